The predicted octanol–water partition coefficient (Wildman–Crippen LogP) is 11.9. The van der Waals surface area contributed by atoms with Gasteiger partial charge in [0.1, 0.15) is 0 Å². The number of para-hydroxylation sites is 1. The zero-order valence-electron chi connectivity index (χ0n) is 29.2. The normalized spacial score (nSPS) is 16.3. The van der Waals surface area contributed by atoms with Crippen molar-refractivity contribution in [1.29, 1.82) is 0 Å². The van der Waals surface area contributed by atoms with Crippen molar-refractivity contribution < 1.29 is 0 Å². The summed E-state index contributed by atoms with van der Waals surface area (Å²) in [5.41, 5.74) is 14.8. The molecule has 0 saturated carbocycles. The molecule has 0 fully saturated rings. The number of aromatic nitrogens is 3. The standard InChI is InChI=1S/C48H36N4/c1-48(2)41-28-39(31-13-4-3-5-14-31)38(33-16-11-25-49-29-33)27-40(41)36-20-10-22-44(46(51-47(36)48)34-17-12-26-50-30-34)52-42-21-9-8-19-37(42)45-35-18-7-6-15-32(35)23-24-43(45)52/h3-9,11-19,21-30H,10,20H2,1-2H3/b44-22+,51-46?. The Morgan fingerprint density at radius 3 is 2.08 bits per heavy atom. The number of benzene rings is 5. The summed E-state index contributed by atoms with van der Waals surface area (Å²) >= 11 is 0. The second-order valence-corrected chi connectivity index (χ2v) is 14.4. The molecule has 52 heavy (non-hydrogen) atoms. The lowest BCUT2D eigenvalue weighted by Crippen LogP contribution is -2.20. The molecule has 4 heterocycles. The van der Waals surface area contributed by atoms with Crippen molar-refractivity contribution in [2.75, 3.05) is 0 Å². The molecule has 0 radical (unpaired) electrons. The van der Waals surface area contributed by atoms with Gasteiger partial charge in [0, 0.05) is 52.1 Å². The smallest absolute Gasteiger partial charge is 0.0958 e. The minimum Gasteiger partial charge on any atom is -0.307 e. The van der Waals surface area contributed by atoms with Gasteiger partial charge in [0.2, 0.25) is 0 Å². The van der Waals surface area contributed by atoms with Crippen LogP contribution in [0.3, 0.4) is 0 Å². The van der Waals surface area contributed by atoms with E-state index in [1.54, 1.807) is 0 Å². The number of hydrogen-bond donors (Lipinski definition) is 0. The number of fused-ring (bicyclic) bond motifs is 7. The van der Waals surface area contributed by atoms with Gasteiger partial charge in [-0.3, -0.25) is 9.97 Å². The van der Waals surface area contributed by atoms with Crippen molar-refractivity contribution in [3.8, 4) is 22.3 Å². The van der Waals surface area contributed by atoms with Crippen molar-refractivity contribution in [3.63, 3.8) is 0 Å². The Labute approximate surface area is 303 Å². The number of aliphatic imine (C=N–C) groups is 1. The number of pyridine rings is 2. The Bertz CT molecular complexity index is 2790. The van der Waals surface area contributed by atoms with E-state index >= 15 is 0 Å². The van der Waals surface area contributed by atoms with E-state index in [1.807, 2.05) is 36.9 Å². The van der Waals surface area contributed by atoms with Gasteiger partial charge in [-0.15, -0.1) is 0 Å². The first-order chi connectivity index (χ1) is 25.6. The second kappa shape index (κ2) is 11.9. The van der Waals surface area contributed by atoms with Crippen LogP contribution in [-0.4, -0.2) is 20.2 Å². The van der Waals surface area contributed by atoms with Gasteiger partial charge >= 0.3 is 0 Å². The molecule has 1 aliphatic heterocycles. The van der Waals surface area contributed by atoms with E-state index in [2.05, 4.69) is 150 Å². The highest BCUT2D eigenvalue weighted by Crippen LogP contribution is 2.52. The Morgan fingerprint density at radius 2 is 1.29 bits per heavy atom. The Kier molecular flexibility index (Phi) is 6.94. The maximum Gasteiger partial charge on any atom is 0.0958 e. The summed E-state index contributed by atoms with van der Waals surface area (Å²) < 4.78 is 2.44. The van der Waals surface area contributed by atoms with Crippen LogP contribution >= 0.6 is 0 Å². The van der Waals surface area contributed by atoms with E-state index in [0.717, 1.165) is 41.1 Å². The lowest BCUT2D eigenvalue weighted by molar-refractivity contribution is 0.631. The fourth-order valence-electron chi connectivity index (χ4n) is 8.61. The van der Waals surface area contributed by atoms with Crippen molar-refractivity contribution in [1.82, 2.24) is 14.5 Å². The minimum atomic E-state index is -0.339. The van der Waals surface area contributed by atoms with Crippen LogP contribution in [0.2, 0.25) is 0 Å². The van der Waals surface area contributed by atoms with E-state index in [9.17, 15) is 0 Å². The Morgan fingerprint density at radius 1 is 0.596 bits per heavy atom. The molecule has 0 unspecified atom stereocenters. The van der Waals surface area contributed by atoms with Crippen LogP contribution in [0.25, 0.3) is 66.1 Å². The van der Waals surface area contributed by atoms with Gasteiger partial charge < -0.3 is 4.57 Å². The second-order valence-electron chi connectivity index (χ2n) is 14.4. The highest BCUT2D eigenvalue weighted by Gasteiger charge is 2.40. The largest absolute Gasteiger partial charge is 0.307 e. The maximum atomic E-state index is 5.81. The molecule has 2 aliphatic rings. The highest BCUT2D eigenvalue weighted by molar-refractivity contribution is 6.32. The van der Waals surface area contributed by atoms with Crippen molar-refractivity contribution in [2.24, 2.45) is 4.99 Å². The minimum absolute atomic E-state index is 0.339. The summed E-state index contributed by atoms with van der Waals surface area (Å²) in [5, 5.41) is 5.02. The quantitative estimate of drug-likeness (QED) is 0.187. The van der Waals surface area contributed by atoms with E-state index in [0.29, 0.717) is 0 Å². The summed E-state index contributed by atoms with van der Waals surface area (Å²) in [6.45, 7) is 4.68. The molecule has 0 atom stereocenters. The van der Waals surface area contributed by atoms with Crippen molar-refractivity contribution in [2.45, 2.75) is 32.1 Å². The van der Waals surface area contributed by atoms with E-state index < -0.39 is 0 Å². The Balaban J connectivity index is 1.23. The van der Waals surface area contributed by atoms with Crippen molar-refractivity contribution in [3.05, 3.63) is 181 Å². The van der Waals surface area contributed by atoms with Crippen LogP contribution in [-0.2, 0) is 5.41 Å². The fourth-order valence-corrected chi connectivity index (χ4v) is 8.61. The molecule has 4 heteroatoms. The number of hydrogen-bond acceptors (Lipinski definition) is 3. The first-order valence-corrected chi connectivity index (χ1v) is 18.1. The van der Waals surface area contributed by atoms with Crippen LogP contribution in [0.4, 0.5) is 0 Å². The van der Waals surface area contributed by atoms with Crippen LogP contribution in [0.15, 0.2) is 169 Å². The maximum absolute atomic E-state index is 5.81. The molecule has 0 bridgehead atoms. The SMILES string of the molecule is CC1(C)C2=C(CC/C=C(/n3c4ccccc4c4c5ccccc5ccc43)C(c3cccnc3)=N2)c2cc(-c3cccnc3)c(-c3ccccc3)cc21. The average molecular weight is 669 g/mol. The fraction of sp³-hybridized carbons (Fsp3) is 0.104. The number of allylic oxidation sites excluding steroid dienone is 4. The number of rotatable bonds is 4. The van der Waals surface area contributed by atoms with E-state index in [4.69, 9.17) is 4.99 Å². The molecular weight excluding hydrogens is 633 g/mol. The lowest BCUT2D eigenvalue weighted by Gasteiger charge is -2.25. The van der Waals surface area contributed by atoms with Crippen molar-refractivity contribution >= 4 is 49.6 Å². The third-order valence-corrected chi connectivity index (χ3v) is 11.0. The van der Waals surface area contributed by atoms with Crippen LogP contribution in [0, 0.1) is 0 Å². The van der Waals surface area contributed by atoms with Crippen LogP contribution in [0.1, 0.15) is 43.4 Å². The van der Waals surface area contributed by atoms with Crippen LogP contribution < -0.4 is 0 Å². The molecule has 0 saturated heterocycles. The molecule has 0 spiro atoms. The van der Waals surface area contributed by atoms with Gasteiger partial charge in [0.05, 0.1) is 28.1 Å². The summed E-state index contributed by atoms with van der Waals surface area (Å²) in [7, 11) is 0. The summed E-state index contributed by atoms with van der Waals surface area (Å²) in [6.07, 6.45) is 11.8. The van der Waals surface area contributed by atoms with Gasteiger partial charge in [-0.25, -0.2) is 4.99 Å². The zero-order chi connectivity index (χ0) is 34.8. The van der Waals surface area contributed by atoms with Gasteiger partial charge in [-0.05, 0) is 99.5 Å². The molecular formula is C48H36N4. The predicted molar refractivity (Wildman–Crippen MR) is 216 cm³/mol. The van der Waals surface area contributed by atoms with E-state index in [-0.39, 0.29) is 5.41 Å². The summed E-state index contributed by atoms with van der Waals surface area (Å²) in [6, 6.07) is 45.9. The summed E-state index contributed by atoms with van der Waals surface area (Å²) in [4.78, 5) is 14.9. The molecule has 8 aromatic rings. The molecule has 1 aliphatic carbocycles. The first-order valence-electron chi connectivity index (χ1n) is 18.1. The molecule has 0 amide bonds. The van der Waals surface area contributed by atoms with Crippen LogP contribution in [0.5, 0.6) is 0 Å². The zero-order valence-corrected chi connectivity index (χ0v) is 29.2. The highest BCUT2D eigenvalue weighted by atomic mass is 15.0. The topological polar surface area (TPSA) is 43.1 Å². The lowest BCUT2D eigenvalue weighted by atomic mass is 9.81. The number of nitrogens with zero attached hydrogens (tertiary/aromatic N) is 4. The molecule has 248 valence electrons. The molecule has 3 aromatic heterocycles. The first kappa shape index (κ1) is 30.4. The third-order valence-electron chi connectivity index (χ3n) is 11.0. The Hall–Kier alpha value is -6.39. The average Bonchev–Trinajstić information content (AvgIpc) is 3.62. The molecule has 4 nitrogen and oxygen atoms in total. The van der Waals surface area contributed by atoms with Gasteiger partial charge in [0.15, 0.2) is 0 Å². The summed E-state index contributed by atoms with van der Waals surface area (Å²) in [5.74, 6) is 0. The molecule has 10 rings (SSSR count). The molecule has 0 N–H and O–H groups in total. The molecule has 5 aromatic carbocycles. The van der Waals surface area contributed by atoms with Gasteiger partial charge in [0.25, 0.3) is 0 Å². The monoisotopic (exact) mass is 668 g/mol. The van der Waals surface area contributed by atoms with Gasteiger partial charge in [-0.2, -0.15) is 0 Å². The van der Waals surface area contributed by atoms with E-state index in [1.165, 1.54) is 66.0 Å². The third kappa shape index (κ3) is 4.64. The van der Waals surface area contributed by atoms with Gasteiger partial charge in [-0.1, -0.05) is 105 Å².